The molecule has 0 fully saturated rings. The van der Waals surface area contributed by atoms with E-state index < -0.39 is 11.4 Å². The van der Waals surface area contributed by atoms with Crippen LogP contribution in [0.15, 0.2) is 29.2 Å². The Hall–Kier alpha value is -2.14. The van der Waals surface area contributed by atoms with Crippen molar-refractivity contribution in [3.05, 3.63) is 45.7 Å². The van der Waals surface area contributed by atoms with Gasteiger partial charge in [-0.3, -0.25) is 4.79 Å². The van der Waals surface area contributed by atoms with Gasteiger partial charge in [-0.15, -0.1) is 0 Å². The zero-order valence-corrected chi connectivity index (χ0v) is 11.9. The first-order chi connectivity index (χ1) is 9.58. The van der Waals surface area contributed by atoms with Crippen LogP contribution in [0.3, 0.4) is 0 Å². The first-order valence-electron chi connectivity index (χ1n) is 6.58. The van der Waals surface area contributed by atoms with Gasteiger partial charge >= 0.3 is 5.97 Å². The number of carboxylic acids is 1. The van der Waals surface area contributed by atoms with E-state index in [0.717, 1.165) is 12.0 Å². The predicted molar refractivity (Wildman–Crippen MR) is 78.1 cm³/mol. The molecule has 1 heterocycles. The molecule has 0 radical (unpaired) electrons. The maximum absolute atomic E-state index is 12.0. The Kier molecular flexibility index (Phi) is 5.46. The van der Waals surface area contributed by atoms with E-state index in [4.69, 9.17) is 5.11 Å². The molecule has 0 amide bonds. The van der Waals surface area contributed by atoms with E-state index in [-0.39, 0.29) is 12.3 Å². The van der Waals surface area contributed by atoms with Crippen LogP contribution in [0, 0.1) is 0 Å². The smallest absolute Gasteiger partial charge is 0.341 e. The van der Waals surface area contributed by atoms with Crippen LogP contribution >= 0.6 is 0 Å². The van der Waals surface area contributed by atoms with Crippen LogP contribution in [0.25, 0.3) is 10.9 Å². The Morgan fingerprint density at radius 3 is 2.45 bits per heavy atom. The lowest BCUT2D eigenvalue weighted by Gasteiger charge is -2.10. The van der Waals surface area contributed by atoms with Gasteiger partial charge in [0.2, 0.25) is 5.43 Å². The Labute approximate surface area is 117 Å². The number of aliphatic hydroxyl groups excluding tert-OH is 1. The molecule has 2 N–H and O–H groups in total. The summed E-state index contributed by atoms with van der Waals surface area (Å²) in [6.45, 7) is 5.58. The SMILES string of the molecule is CC.CCc1ccc2c(c1)c(=O)c(C(=O)O)cn2CO. The molecule has 5 nitrogen and oxygen atoms in total. The van der Waals surface area contributed by atoms with Crippen molar-refractivity contribution >= 4 is 16.9 Å². The van der Waals surface area contributed by atoms with Crippen molar-refractivity contribution in [2.24, 2.45) is 0 Å². The van der Waals surface area contributed by atoms with E-state index in [9.17, 15) is 14.7 Å². The van der Waals surface area contributed by atoms with E-state index in [2.05, 4.69) is 0 Å². The minimum Gasteiger partial charge on any atom is -0.477 e. The number of aromatic nitrogens is 1. The molecule has 5 heteroatoms. The lowest BCUT2D eigenvalue weighted by Crippen LogP contribution is -2.19. The third-order valence-corrected chi connectivity index (χ3v) is 2.94. The van der Waals surface area contributed by atoms with Crippen LogP contribution in [0.4, 0.5) is 0 Å². The van der Waals surface area contributed by atoms with Gasteiger partial charge in [0.1, 0.15) is 12.3 Å². The number of hydrogen-bond acceptors (Lipinski definition) is 3. The van der Waals surface area contributed by atoms with E-state index in [1.54, 1.807) is 12.1 Å². The van der Waals surface area contributed by atoms with Crippen LogP contribution in [0.1, 0.15) is 36.7 Å². The third-order valence-electron chi connectivity index (χ3n) is 2.94. The molecule has 0 aliphatic rings. The van der Waals surface area contributed by atoms with Crippen molar-refractivity contribution < 1.29 is 15.0 Å². The van der Waals surface area contributed by atoms with E-state index in [1.165, 1.54) is 10.8 Å². The number of aryl methyl sites for hydroxylation is 1. The number of benzene rings is 1. The van der Waals surface area contributed by atoms with Crippen molar-refractivity contribution in [1.29, 1.82) is 0 Å². The summed E-state index contributed by atoms with van der Waals surface area (Å²) in [5.74, 6) is -1.29. The first kappa shape index (κ1) is 15.9. The molecular formula is C15H19NO4. The molecule has 0 unspecified atom stereocenters. The molecule has 0 atom stereocenters. The highest BCUT2D eigenvalue weighted by atomic mass is 16.4. The summed E-state index contributed by atoms with van der Waals surface area (Å²) in [6.07, 6.45) is 1.92. The number of aromatic carboxylic acids is 1. The number of aliphatic hydroxyl groups is 1. The Balaban J connectivity index is 0.000000956. The molecule has 2 rings (SSSR count). The van der Waals surface area contributed by atoms with E-state index in [0.29, 0.717) is 10.9 Å². The predicted octanol–water partition coefficient (Wildman–Crippen LogP) is 2.24. The van der Waals surface area contributed by atoms with Gasteiger partial charge in [-0.05, 0) is 24.1 Å². The highest BCUT2D eigenvalue weighted by molar-refractivity contribution is 5.92. The molecule has 0 saturated heterocycles. The quantitative estimate of drug-likeness (QED) is 0.901. The van der Waals surface area contributed by atoms with Gasteiger partial charge in [0, 0.05) is 11.6 Å². The molecule has 1 aromatic carbocycles. The van der Waals surface area contributed by atoms with Crippen LogP contribution in [-0.4, -0.2) is 20.7 Å². The lowest BCUT2D eigenvalue weighted by molar-refractivity contribution is 0.0694. The lowest BCUT2D eigenvalue weighted by atomic mass is 10.1. The van der Waals surface area contributed by atoms with Crippen LogP contribution in [0.2, 0.25) is 0 Å². The van der Waals surface area contributed by atoms with Gasteiger partial charge in [0.15, 0.2) is 0 Å². The summed E-state index contributed by atoms with van der Waals surface area (Å²) in [5.41, 5.74) is 0.638. The minimum absolute atomic E-state index is 0.323. The van der Waals surface area contributed by atoms with E-state index >= 15 is 0 Å². The highest BCUT2D eigenvalue weighted by Gasteiger charge is 2.14. The van der Waals surface area contributed by atoms with Gasteiger partial charge < -0.3 is 14.8 Å². The second-order valence-corrected chi connectivity index (χ2v) is 3.99. The second-order valence-electron chi connectivity index (χ2n) is 3.99. The number of rotatable bonds is 3. The molecule has 0 aliphatic carbocycles. The van der Waals surface area contributed by atoms with Crippen molar-refractivity contribution in [2.45, 2.75) is 33.9 Å². The number of carboxylic acid groups (broad SMARTS) is 1. The average Bonchev–Trinajstić information content (AvgIpc) is 2.49. The summed E-state index contributed by atoms with van der Waals surface area (Å²) < 4.78 is 1.35. The monoisotopic (exact) mass is 277 g/mol. The van der Waals surface area contributed by atoms with Crippen LogP contribution in [-0.2, 0) is 13.2 Å². The van der Waals surface area contributed by atoms with Crippen molar-refractivity contribution in [3.8, 4) is 0 Å². The van der Waals surface area contributed by atoms with Crippen molar-refractivity contribution in [1.82, 2.24) is 4.57 Å². The van der Waals surface area contributed by atoms with Gasteiger partial charge in [0.05, 0.1) is 5.52 Å². The molecule has 0 saturated carbocycles. The summed E-state index contributed by atoms with van der Waals surface area (Å²) in [5, 5.41) is 18.5. The zero-order valence-electron chi connectivity index (χ0n) is 11.9. The molecule has 0 aliphatic heterocycles. The molecule has 2 aromatic rings. The standard InChI is InChI=1S/C13H13NO4.C2H6/c1-2-8-3-4-11-9(5-8)12(16)10(13(17)18)6-14(11)7-15;1-2/h3-6,15H,2,7H2,1H3,(H,17,18);1-2H3. The molecule has 1 aromatic heterocycles. The van der Waals surface area contributed by atoms with Crippen LogP contribution in [0.5, 0.6) is 0 Å². The number of fused-ring (bicyclic) bond motifs is 1. The fraction of sp³-hybridized carbons (Fsp3) is 0.333. The summed E-state index contributed by atoms with van der Waals surface area (Å²) in [7, 11) is 0. The Morgan fingerprint density at radius 2 is 1.95 bits per heavy atom. The first-order valence-corrected chi connectivity index (χ1v) is 6.58. The fourth-order valence-corrected chi connectivity index (χ4v) is 1.93. The summed E-state index contributed by atoms with van der Waals surface area (Å²) in [6, 6.07) is 5.25. The van der Waals surface area contributed by atoms with E-state index in [1.807, 2.05) is 26.8 Å². The van der Waals surface area contributed by atoms with Crippen molar-refractivity contribution in [2.75, 3.05) is 0 Å². The molecule has 108 valence electrons. The average molecular weight is 277 g/mol. The van der Waals surface area contributed by atoms with Crippen LogP contribution < -0.4 is 5.43 Å². The fourth-order valence-electron chi connectivity index (χ4n) is 1.93. The largest absolute Gasteiger partial charge is 0.477 e. The zero-order chi connectivity index (χ0) is 15.3. The number of pyridine rings is 1. The van der Waals surface area contributed by atoms with Gasteiger partial charge in [-0.2, -0.15) is 0 Å². The molecule has 0 spiro atoms. The second kappa shape index (κ2) is 6.86. The van der Waals surface area contributed by atoms with Gasteiger partial charge in [-0.1, -0.05) is 26.8 Å². The molecule has 0 bridgehead atoms. The summed E-state index contributed by atoms with van der Waals surface area (Å²) >= 11 is 0. The van der Waals surface area contributed by atoms with Gasteiger partial charge in [-0.25, -0.2) is 4.79 Å². The summed E-state index contributed by atoms with van der Waals surface area (Å²) in [4.78, 5) is 23.0. The maximum Gasteiger partial charge on any atom is 0.341 e. The number of carbonyl (C=O) groups is 1. The third kappa shape index (κ3) is 2.88. The van der Waals surface area contributed by atoms with Crippen molar-refractivity contribution in [3.63, 3.8) is 0 Å². The molecular weight excluding hydrogens is 258 g/mol. The number of nitrogens with zero attached hydrogens (tertiary/aromatic N) is 1. The molecule has 20 heavy (non-hydrogen) atoms. The topological polar surface area (TPSA) is 79.5 Å². The number of hydrogen-bond donors (Lipinski definition) is 2. The van der Waals surface area contributed by atoms with Gasteiger partial charge in [0.25, 0.3) is 0 Å². The highest BCUT2D eigenvalue weighted by Crippen LogP contribution is 2.14. The minimum atomic E-state index is -1.29. The normalized spacial score (nSPS) is 10.0. The maximum atomic E-state index is 12.0. The Bertz CT molecular complexity index is 673. The Morgan fingerprint density at radius 1 is 1.30 bits per heavy atom.